The molecule has 0 heterocycles. The Bertz CT molecular complexity index is 3320. The van der Waals surface area contributed by atoms with E-state index in [9.17, 15) is 0 Å². The van der Waals surface area contributed by atoms with Crippen LogP contribution >= 0.6 is 0 Å². The molecule has 0 unspecified atom stereocenters. The molecule has 0 saturated heterocycles. The van der Waals surface area contributed by atoms with Crippen LogP contribution in [0.15, 0.2) is 261 Å². The zero-order valence-corrected chi connectivity index (χ0v) is 39.9. The molecule has 0 aliphatic carbocycles. The van der Waals surface area contributed by atoms with Gasteiger partial charge in [-0.3, -0.25) is 0 Å². The van der Waals surface area contributed by atoms with Crippen molar-refractivity contribution >= 4 is 69.4 Å². The predicted molar refractivity (Wildman–Crippen MR) is 301 cm³/mol. The Morgan fingerprint density at radius 3 is 0.886 bits per heavy atom. The predicted octanol–water partition coefficient (Wildman–Crippen LogP) is 19.3. The van der Waals surface area contributed by atoms with Gasteiger partial charge in [0.1, 0.15) is 0 Å². The lowest BCUT2D eigenvalue weighted by Gasteiger charge is -2.26. The average Bonchev–Trinajstić information content (AvgIpc) is 3.41. The Kier molecular flexibility index (Phi) is 13.4. The maximum atomic E-state index is 2.33. The van der Waals surface area contributed by atoms with Crippen molar-refractivity contribution in [2.24, 2.45) is 0 Å². The molecule has 10 aromatic rings. The number of anilines is 9. The van der Waals surface area contributed by atoms with Gasteiger partial charge in [-0.25, -0.2) is 0 Å². The highest BCUT2D eigenvalue weighted by molar-refractivity contribution is 5.83. The summed E-state index contributed by atoms with van der Waals surface area (Å²) in [5.74, 6) is 0. The first-order valence-electron chi connectivity index (χ1n) is 24.0. The van der Waals surface area contributed by atoms with Crippen LogP contribution in [0.1, 0.15) is 34.7 Å². The second-order valence-electron chi connectivity index (χ2n) is 17.6. The minimum atomic E-state index is 1.09. The molecule has 0 radical (unpaired) electrons. The van der Waals surface area contributed by atoms with Gasteiger partial charge in [0.25, 0.3) is 0 Å². The lowest BCUT2D eigenvalue weighted by Crippen LogP contribution is -2.10. The van der Waals surface area contributed by atoms with E-state index < -0.39 is 0 Å². The van der Waals surface area contributed by atoms with Crippen molar-refractivity contribution in [3.05, 3.63) is 289 Å². The first-order valence-corrected chi connectivity index (χ1v) is 24.0. The molecule has 0 bridgehead atoms. The molecule has 70 heavy (non-hydrogen) atoms. The quantitative estimate of drug-likeness (QED) is 0.101. The molecule has 0 spiro atoms. The van der Waals surface area contributed by atoms with Gasteiger partial charge in [0, 0.05) is 51.2 Å². The molecule has 0 aromatic heterocycles. The first-order chi connectivity index (χ1) is 34.5. The summed E-state index contributed by atoms with van der Waals surface area (Å²) in [6.45, 7) is 6.31. The summed E-state index contributed by atoms with van der Waals surface area (Å²) in [5, 5.41) is 0. The summed E-state index contributed by atoms with van der Waals surface area (Å²) in [6.07, 6.45) is 8.55. The van der Waals surface area contributed by atoms with Crippen LogP contribution in [-0.2, 0) is 0 Å². The third-order valence-corrected chi connectivity index (χ3v) is 12.7. The third-order valence-electron chi connectivity index (χ3n) is 12.7. The van der Waals surface area contributed by atoms with Gasteiger partial charge >= 0.3 is 0 Å². The number of hydrogen-bond donors (Lipinski definition) is 0. The number of para-hydroxylation sites is 2. The van der Waals surface area contributed by atoms with Crippen LogP contribution in [0.4, 0.5) is 51.2 Å². The molecule has 0 fully saturated rings. The van der Waals surface area contributed by atoms with Crippen LogP contribution in [0.5, 0.6) is 0 Å². The zero-order chi connectivity index (χ0) is 47.7. The molecule has 10 rings (SSSR count). The van der Waals surface area contributed by atoms with E-state index in [2.05, 4.69) is 308 Å². The molecule has 10 aromatic carbocycles. The number of aryl methyl sites for hydroxylation is 2. The fourth-order valence-electron chi connectivity index (χ4n) is 9.03. The van der Waals surface area contributed by atoms with Gasteiger partial charge in [-0.1, -0.05) is 181 Å². The molecule has 3 nitrogen and oxygen atoms in total. The van der Waals surface area contributed by atoms with Crippen LogP contribution in [0.2, 0.25) is 0 Å². The lowest BCUT2D eigenvalue weighted by atomic mass is 10.0. The number of allylic oxidation sites excluding steroid dienone is 1. The fraction of sp³-hybridized carbons (Fsp3) is 0.0448. The highest BCUT2D eigenvalue weighted by Gasteiger charge is 2.17. The first kappa shape index (κ1) is 44.9. The standard InChI is InChI=1S/C67H55N3/c1-4-12-52-23-37-62(38-24-52)68(59-15-7-5-8-16-59)64-41-27-55(28-42-64)57-31-45-66(46-32-57)70(61-35-19-50(2)20-36-61)67-47-33-58(34-48-67)56-29-43-65(44-30-56)69(60-17-9-6-10-18-60)63-39-25-53(26-40-63)21-22-54-14-11-13-51(3)49-54/h4-49H,1-3H3. The van der Waals surface area contributed by atoms with Gasteiger partial charge in [0.05, 0.1) is 0 Å². The van der Waals surface area contributed by atoms with E-state index in [0.29, 0.717) is 0 Å². The summed E-state index contributed by atoms with van der Waals surface area (Å²) < 4.78 is 0. The van der Waals surface area contributed by atoms with Gasteiger partial charge in [-0.15, -0.1) is 0 Å². The van der Waals surface area contributed by atoms with Crippen molar-refractivity contribution in [3.8, 4) is 22.3 Å². The summed E-state index contributed by atoms with van der Waals surface area (Å²) in [5.41, 5.74) is 20.6. The Balaban J connectivity index is 0.888. The van der Waals surface area contributed by atoms with E-state index in [4.69, 9.17) is 0 Å². The molecule has 0 N–H and O–H groups in total. The number of hydrogen-bond acceptors (Lipinski definition) is 3. The van der Waals surface area contributed by atoms with Crippen LogP contribution in [-0.4, -0.2) is 0 Å². The Morgan fingerprint density at radius 2 is 0.543 bits per heavy atom. The minimum absolute atomic E-state index is 1.09. The monoisotopic (exact) mass is 901 g/mol. The molecule has 3 heteroatoms. The molecule has 0 atom stereocenters. The Morgan fingerprint density at radius 1 is 0.243 bits per heavy atom. The summed E-state index contributed by atoms with van der Waals surface area (Å²) in [7, 11) is 0. The number of rotatable bonds is 14. The van der Waals surface area contributed by atoms with E-state index in [1.54, 1.807) is 0 Å². The second-order valence-corrected chi connectivity index (χ2v) is 17.6. The average molecular weight is 902 g/mol. The number of benzene rings is 10. The van der Waals surface area contributed by atoms with Gasteiger partial charge in [0.2, 0.25) is 0 Å². The maximum Gasteiger partial charge on any atom is 0.0462 e. The second kappa shape index (κ2) is 20.9. The molecular weight excluding hydrogens is 847 g/mol. The maximum absolute atomic E-state index is 2.33. The molecule has 0 aliphatic rings. The van der Waals surface area contributed by atoms with Crippen molar-refractivity contribution in [1.82, 2.24) is 0 Å². The summed E-state index contributed by atoms with van der Waals surface area (Å²) in [4.78, 5) is 6.95. The van der Waals surface area contributed by atoms with Gasteiger partial charge in [0.15, 0.2) is 0 Å². The van der Waals surface area contributed by atoms with E-state index >= 15 is 0 Å². The van der Waals surface area contributed by atoms with E-state index in [1.807, 2.05) is 6.92 Å². The Labute approximate surface area is 413 Å². The van der Waals surface area contributed by atoms with Crippen LogP contribution in [0, 0.1) is 13.8 Å². The highest BCUT2D eigenvalue weighted by atomic mass is 15.2. The van der Waals surface area contributed by atoms with Gasteiger partial charge < -0.3 is 14.7 Å². The van der Waals surface area contributed by atoms with Crippen molar-refractivity contribution in [1.29, 1.82) is 0 Å². The molecular formula is C67H55N3. The van der Waals surface area contributed by atoms with Gasteiger partial charge in [-0.2, -0.15) is 0 Å². The van der Waals surface area contributed by atoms with Crippen molar-refractivity contribution in [2.75, 3.05) is 14.7 Å². The van der Waals surface area contributed by atoms with Crippen LogP contribution in [0.3, 0.4) is 0 Å². The highest BCUT2D eigenvalue weighted by Crippen LogP contribution is 2.40. The van der Waals surface area contributed by atoms with Crippen molar-refractivity contribution in [3.63, 3.8) is 0 Å². The fourth-order valence-corrected chi connectivity index (χ4v) is 9.03. The van der Waals surface area contributed by atoms with Gasteiger partial charge in [-0.05, 0) is 169 Å². The normalized spacial score (nSPS) is 11.2. The topological polar surface area (TPSA) is 9.72 Å². The minimum Gasteiger partial charge on any atom is -0.311 e. The van der Waals surface area contributed by atoms with Crippen molar-refractivity contribution < 1.29 is 0 Å². The largest absolute Gasteiger partial charge is 0.311 e. The van der Waals surface area contributed by atoms with E-state index in [1.165, 1.54) is 22.3 Å². The van der Waals surface area contributed by atoms with Crippen LogP contribution < -0.4 is 14.7 Å². The molecule has 0 aliphatic heterocycles. The molecule has 0 amide bonds. The summed E-state index contributed by atoms with van der Waals surface area (Å²) in [6, 6.07) is 91.6. The molecule has 0 saturated carbocycles. The molecule has 338 valence electrons. The van der Waals surface area contributed by atoms with E-state index in [0.717, 1.165) is 79.0 Å². The SMILES string of the molecule is CC=Cc1ccc(N(c2ccccc2)c2ccc(-c3ccc(N(c4ccc(C)cc4)c4ccc(-c5ccc(N(c6ccccc6)c6ccc(C=Cc7cccc(C)c7)cc6)cc5)cc4)cc3)cc2)cc1. The summed E-state index contributed by atoms with van der Waals surface area (Å²) >= 11 is 0. The van der Waals surface area contributed by atoms with E-state index in [-0.39, 0.29) is 0 Å². The van der Waals surface area contributed by atoms with Crippen molar-refractivity contribution in [2.45, 2.75) is 20.8 Å². The third kappa shape index (κ3) is 10.3. The smallest absolute Gasteiger partial charge is 0.0462 e. The lowest BCUT2D eigenvalue weighted by molar-refractivity contribution is 1.27. The van der Waals surface area contributed by atoms with Crippen LogP contribution in [0.25, 0.3) is 40.5 Å². The number of nitrogens with zero attached hydrogens (tertiary/aromatic N) is 3. The zero-order valence-electron chi connectivity index (χ0n) is 39.9. The Hall–Kier alpha value is -8.92.